The molecular weight excluding hydrogens is 440 g/mol. The van der Waals surface area contributed by atoms with Gasteiger partial charge in [-0.1, -0.05) is 24.3 Å². The highest BCUT2D eigenvalue weighted by Crippen LogP contribution is 2.37. The van der Waals surface area contributed by atoms with E-state index in [-0.39, 0.29) is 0 Å². The van der Waals surface area contributed by atoms with Crippen LogP contribution in [-0.2, 0) is 9.47 Å². The van der Waals surface area contributed by atoms with Crippen LogP contribution in [0.15, 0.2) is 45.3 Å². The van der Waals surface area contributed by atoms with Crippen LogP contribution in [0, 0.1) is 0 Å². The maximum Gasteiger partial charge on any atom is 0.339 e. The van der Waals surface area contributed by atoms with Crippen LogP contribution < -0.4 is 0 Å². The van der Waals surface area contributed by atoms with E-state index in [0.717, 1.165) is 11.1 Å². The largest absolute Gasteiger partial charge is 0.462 e. The normalized spacial score (nSPS) is 10.3. The van der Waals surface area contributed by atoms with Crippen molar-refractivity contribution in [1.82, 2.24) is 0 Å². The van der Waals surface area contributed by atoms with Crippen molar-refractivity contribution >= 4 is 43.8 Å². The molecule has 0 spiro atoms. The van der Waals surface area contributed by atoms with Crippen molar-refractivity contribution in [2.75, 3.05) is 13.2 Å². The minimum absolute atomic E-state index is 0.303. The standard InChI is InChI=1S/C18H16Br2O4/c1-3-23-17(21)13-9-5-7-11(15(13)19)12-8-6-10-14(16(12)20)18(22)24-4-2/h5-10H,3-4H2,1-2H3. The Morgan fingerprint density at radius 2 is 1.17 bits per heavy atom. The van der Waals surface area contributed by atoms with Gasteiger partial charge in [-0.05, 0) is 69.0 Å². The summed E-state index contributed by atoms with van der Waals surface area (Å²) in [6.45, 7) is 4.12. The van der Waals surface area contributed by atoms with Crippen molar-refractivity contribution in [2.45, 2.75) is 13.8 Å². The highest BCUT2D eigenvalue weighted by Gasteiger charge is 2.19. The Hall–Kier alpha value is -1.66. The maximum atomic E-state index is 12.1. The number of esters is 2. The van der Waals surface area contributed by atoms with Gasteiger partial charge in [0.15, 0.2) is 0 Å². The van der Waals surface area contributed by atoms with Gasteiger partial charge in [0.05, 0.1) is 24.3 Å². The van der Waals surface area contributed by atoms with Gasteiger partial charge in [-0.25, -0.2) is 9.59 Å². The van der Waals surface area contributed by atoms with Crippen molar-refractivity contribution < 1.29 is 19.1 Å². The third-order valence-corrected chi connectivity index (χ3v) is 4.99. The predicted molar refractivity (Wildman–Crippen MR) is 99.2 cm³/mol. The topological polar surface area (TPSA) is 52.6 Å². The zero-order valence-corrected chi connectivity index (χ0v) is 16.4. The van der Waals surface area contributed by atoms with Gasteiger partial charge < -0.3 is 9.47 Å². The predicted octanol–water partition coefficient (Wildman–Crippen LogP) is 5.23. The monoisotopic (exact) mass is 454 g/mol. The van der Waals surface area contributed by atoms with Crippen LogP contribution >= 0.6 is 31.9 Å². The first-order valence-electron chi connectivity index (χ1n) is 7.42. The minimum atomic E-state index is -0.399. The second-order valence-corrected chi connectivity index (χ2v) is 6.36. The maximum absolute atomic E-state index is 12.1. The van der Waals surface area contributed by atoms with Gasteiger partial charge in [-0.3, -0.25) is 0 Å². The average molecular weight is 456 g/mol. The highest BCUT2D eigenvalue weighted by atomic mass is 79.9. The first-order chi connectivity index (χ1) is 11.5. The van der Waals surface area contributed by atoms with E-state index >= 15 is 0 Å². The van der Waals surface area contributed by atoms with Crippen LogP contribution in [0.3, 0.4) is 0 Å². The third kappa shape index (κ3) is 3.87. The summed E-state index contributed by atoms with van der Waals surface area (Å²) in [6.07, 6.45) is 0. The fourth-order valence-electron chi connectivity index (χ4n) is 2.21. The summed E-state index contributed by atoms with van der Waals surface area (Å²) < 4.78 is 11.4. The zero-order chi connectivity index (χ0) is 17.7. The second-order valence-electron chi connectivity index (χ2n) is 4.78. The van der Waals surface area contributed by atoms with Gasteiger partial charge in [0.25, 0.3) is 0 Å². The van der Waals surface area contributed by atoms with E-state index in [1.807, 2.05) is 12.1 Å². The molecule has 0 aliphatic carbocycles. The molecule has 0 unspecified atom stereocenters. The molecule has 6 heteroatoms. The smallest absolute Gasteiger partial charge is 0.339 e. The van der Waals surface area contributed by atoms with E-state index in [1.165, 1.54) is 0 Å². The lowest BCUT2D eigenvalue weighted by molar-refractivity contribution is 0.0515. The molecule has 0 bridgehead atoms. The molecule has 126 valence electrons. The van der Waals surface area contributed by atoms with Crippen LogP contribution in [0.5, 0.6) is 0 Å². The Morgan fingerprint density at radius 1 is 0.792 bits per heavy atom. The SMILES string of the molecule is CCOC(=O)c1cccc(-c2cccc(C(=O)OCC)c2Br)c1Br. The lowest BCUT2D eigenvalue weighted by Crippen LogP contribution is -2.07. The van der Waals surface area contributed by atoms with E-state index in [1.54, 1.807) is 38.1 Å². The molecule has 0 atom stereocenters. The van der Waals surface area contributed by atoms with Gasteiger partial charge in [0.1, 0.15) is 0 Å². The van der Waals surface area contributed by atoms with Crippen LogP contribution in [0.1, 0.15) is 34.6 Å². The third-order valence-electron chi connectivity index (χ3n) is 3.28. The molecule has 2 aromatic carbocycles. The molecule has 2 aromatic rings. The van der Waals surface area contributed by atoms with Crippen LogP contribution in [-0.4, -0.2) is 25.2 Å². The quantitative estimate of drug-likeness (QED) is 0.579. The molecule has 0 heterocycles. The summed E-state index contributed by atoms with van der Waals surface area (Å²) in [4.78, 5) is 24.1. The molecule has 0 aromatic heterocycles. The number of rotatable bonds is 5. The average Bonchev–Trinajstić information content (AvgIpc) is 2.56. The van der Waals surface area contributed by atoms with Crippen molar-refractivity contribution in [3.05, 3.63) is 56.5 Å². The fraction of sp³-hybridized carbons (Fsp3) is 0.222. The molecular formula is C18H16Br2O4. The molecule has 0 N–H and O–H groups in total. The summed E-state index contributed by atoms with van der Waals surface area (Å²) in [6, 6.07) is 10.7. The molecule has 4 nitrogen and oxygen atoms in total. The number of hydrogen-bond donors (Lipinski definition) is 0. The van der Waals surface area contributed by atoms with E-state index in [4.69, 9.17) is 9.47 Å². The summed E-state index contributed by atoms with van der Waals surface area (Å²) >= 11 is 6.95. The Kier molecular flexibility index (Phi) is 6.57. The van der Waals surface area contributed by atoms with E-state index in [9.17, 15) is 9.59 Å². The zero-order valence-electron chi connectivity index (χ0n) is 13.3. The molecule has 0 aliphatic heterocycles. The lowest BCUT2D eigenvalue weighted by Gasteiger charge is -2.13. The van der Waals surface area contributed by atoms with Gasteiger partial charge >= 0.3 is 11.9 Å². The van der Waals surface area contributed by atoms with E-state index in [0.29, 0.717) is 33.3 Å². The Bertz CT molecular complexity index is 706. The van der Waals surface area contributed by atoms with Gasteiger partial charge in [0, 0.05) is 8.95 Å². The first-order valence-corrected chi connectivity index (χ1v) is 9.01. The number of hydrogen-bond acceptors (Lipinski definition) is 4. The molecule has 0 aliphatic rings. The van der Waals surface area contributed by atoms with E-state index in [2.05, 4.69) is 31.9 Å². The van der Waals surface area contributed by atoms with Gasteiger partial charge in [0.2, 0.25) is 0 Å². The van der Waals surface area contributed by atoms with Crippen molar-refractivity contribution in [2.24, 2.45) is 0 Å². The van der Waals surface area contributed by atoms with Crippen molar-refractivity contribution in [1.29, 1.82) is 0 Å². The van der Waals surface area contributed by atoms with Gasteiger partial charge in [-0.15, -0.1) is 0 Å². The van der Waals surface area contributed by atoms with Crippen LogP contribution in [0.25, 0.3) is 11.1 Å². The summed E-state index contributed by atoms with van der Waals surface area (Å²) in [7, 11) is 0. The van der Waals surface area contributed by atoms with Crippen LogP contribution in [0.4, 0.5) is 0 Å². The number of benzene rings is 2. The Labute approximate surface area is 157 Å². The first kappa shape index (κ1) is 18.7. The Balaban J connectivity index is 2.53. The molecule has 24 heavy (non-hydrogen) atoms. The molecule has 0 amide bonds. The second kappa shape index (κ2) is 8.44. The summed E-state index contributed by atoms with van der Waals surface area (Å²) in [5, 5.41) is 0. The highest BCUT2D eigenvalue weighted by molar-refractivity contribution is 9.11. The number of carbonyl (C=O) groups excluding carboxylic acids is 2. The molecule has 2 rings (SSSR count). The molecule has 0 radical (unpaired) electrons. The Morgan fingerprint density at radius 3 is 1.50 bits per heavy atom. The van der Waals surface area contributed by atoms with Gasteiger partial charge in [-0.2, -0.15) is 0 Å². The van der Waals surface area contributed by atoms with Crippen LogP contribution in [0.2, 0.25) is 0 Å². The number of carbonyl (C=O) groups is 2. The summed E-state index contributed by atoms with van der Waals surface area (Å²) in [5.74, 6) is -0.798. The van der Waals surface area contributed by atoms with Crippen molar-refractivity contribution in [3.63, 3.8) is 0 Å². The molecule has 0 fully saturated rings. The number of ether oxygens (including phenoxy) is 2. The van der Waals surface area contributed by atoms with E-state index < -0.39 is 11.9 Å². The number of halogens is 2. The minimum Gasteiger partial charge on any atom is -0.462 e. The molecule has 0 saturated carbocycles. The van der Waals surface area contributed by atoms with Crippen molar-refractivity contribution in [3.8, 4) is 11.1 Å². The lowest BCUT2D eigenvalue weighted by atomic mass is 10.0. The molecule has 0 saturated heterocycles. The fourth-order valence-corrected chi connectivity index (χ4v) is 3.49. The summed E-state index contributed by atoms with van der Waals surface area (Å²) in [5.41, 5.74) is 2.42.